The molecule has 1 unspecified atom stereocenters. The van der Waals surface area contributed by atoms with E-state index in [-0.39, 0.29) is 16.9 Å². The summed E-state index contributed by atoms with van der Waals surface area (Å²) in [6, 6.07) is 18.0. The molecule has 0 aliphatic carbocycles. The molecule has 0 bridgehead atoms. The first kappa shape index (κ1) is 19.9. The molecule has 0 aromatic heterocycles. The quantitative estimate of drug-likeness (QED) is 0.349. The van der Waals surface area contributed by atoms with Crippen molar-refractivity contribution in [1.29, 1.82) is 0 Å². The van der Waals surface area contributed by atoms with Gasteiger partial charge in [-0.2, -0.15) is 0 Å². The SMILES string of the molecule is Cc1cccc(N2C(=O)C(=O)/C(=C(/O)c3ccc(Cl)cc3)C2c2ccccc2F)c1. The fourth-order valence-electron chi connectivity index (χ4n) is 3.63. The zero-order valence-electron chi connectivity index (χ0n) is 16.0. The molecule has 0 spiro atoms. The highest BCUT2D eigenvalue weighted by molar-refractivity contribution is 6.51. The van der Waals surface area contributed by atoms with Gasteiger partial charge in [0.15, 0.2) is 0 Å². The van der Waals surface area contributed by atoms with Gasteiger partial charge >= 0.3 is 0 Å². The van der Waals surface area contributed by atoms with E-state index in [1.807, 2.05) is 13.0 Å². The number of carbonyl (C=O) groups excluding carboxylic acids is 2. The lowest BCUT2D eigenvalue weighted by Crippen LogP contribution is -2.29. The Kier molecular flexibility index (Phi) is 5.14. The van der Waals surface area contributed by atoms with E-state index in [9.17, 15) is 19.1 Å². The van der Waals surface area contributed by atoms with Gasteiger partial charge in [0, 0.05) is 21.8 Å². The normalized spacial score (nSPS) is 18.1. The molecule has 3 aromatic carbocycles. The summed E-state index contributed by atoms with van der Waals surface area (Å²) in [6.45, 7) is 1.85. The average Bonchev–Trinajstić information content (AvgIpc) is 2.99. The molecule has 4 rings (SSSR count). The van der Waals surface area contributed by atoms with Crippen LogP contribution in [-0.2, 0) is 9.59 Å². The van der Waals surface area contributed by atoms with Crippen LogP contribution in [0.15, 0.2) is 78.4 Å². The largest absolute Gasteiger partial charge is 0.507 e. The third-order valence-corrected chi connectivity index (χ3v) is 5.29. The van der Waals surface area contributed by atoms with Gasteiger partial charge in [-0.05, 0) is 55.0 Å². The lowest BCUT2D eigenvalue weighted by Gasteiger charge is -2.26. The number of amides is 1. The fraction of sp³-hybridized carbons (Fsp3) is 0.0833. The summed E-state index contributed by atoms with van der Waals surface area (Å²) in [5.41, 5.74) is 1.57. The molecular formula is C24H17ClFNO3. The summed E-state index contributed by atoms with van der Waals surface area (Å²) in [4.78, 5) is 27.2. The average molecular weight is 422 g/mol. The molecular weight excluding hydrogens is 405 g/mol. The predicted octanol–water partition coefficient (Wildman–Crippen LogP) is 5.41. The van der Waals surface area contributed by atoms with Crippen molar-refractivity contribution in [2.75, 3.05) is 4.90 Å². The predicted molar refractivity (Wildman–Crippen MR) is 114 cm³/mol. The number of aliphatic hydroxyl groups excluding tert-OH is 1. The van der Waals surface area contributed by atoms with Gasteiger partial charge in [0.1, 0.15) is 11.6 Å². The van der Waals surface area contributed by atoms with Crippen molar-refractivity contribution < 1.29 is 19.1 Å². The van der Waals surface area contributed by atoms with Crippen molar-refractivity contribution >= 4 is 34.7 Å². The number of hydrogen-bond donors (Lipinski definition) is 1. The summed E-state index contributed by atoms with van der Waals surface area (Å²) in [5, 5.41) is 11.4. The Bertz CT molecular complexity index is 1190. The summed E-state index contributed by atoms with van der Waals surface area (Å²) in [6.07, 6.45) is 0. The standard InChI is InChI=1S/C24H17ClFNO3/c1-14-5-4-6-17(13-14)27-21(18-7-2-3-8-19(18)26)20(23(29)24(27)30)22(28)15-9-11-16(25)12-10-15/h2-13,21,28H,1H3/b22-20+. The maximum absolute atomic E-state index is 14.8. The number of rotatable bonds is 3. The topological polar surface area (TPSA) is 57.6 Å². The Hall–Kier alpha value is -3.44. The van der Waals surface area contributed by atoms with E-state index in [0.717, 1.165) is 5.56 Å². The van der Waals surface area contributed by atoms with Crippen molar-refractivity contribution in [1.82, 2.24) is 0 Å². The molecule has 150 valence electrons. The van der Waals surface area contributed by atoms with Crippen LogP contribution in [0.2, 0.25) is 5.02 Å². The molecule has 0 radical (unpaired) electrons. The van der Waals surface area contributed by atoms with E-state index < -0.39 is 23.5 Å². The van der Waals surface area contributed by atoms with Crippen LogP contribution in [-0.4, -0.2) is 16.8 Å². The van der Waals surface area contributed by atoms with Gasteiger partial charge in [0.25, 0.3) is 11.7 Å². The number of nitrogens with zero attached hydrogens (tertiary/aromatic N) is 1. The van der Waals surface area contributed by atoms with Crippen LogP contribution in [0.25, 0.3) is 5.76 Å². The summed E-state index contributed by atoms with van der Waals surface area (Å²) < 4.78 is 14.8. The number of anilines is 1. The molecule has 1 aliphatic rings. The van der Waals surface area contributed by atoms with Crippen LogP contribution in [0, 0.1) is 12.7 Å². The van der Waals surface area contributed by atoms with Crippen molar-refractivity contribution in [3.8, 4) is 0 Å². The Labute approximate surface area is 177 Å². The maximum atomic E-state index is 14.8. The van der Waals surface area contributed by atoms with E-state index in [1.54, 1.807) is 36.4 Å². The third kappa shape index (κ3) is 3.37. The Morgan fingerprint density at radius 1 is 1.00 bits per heavy atom. The van der Waals surface area contributed by atoms with Crippen molar-refractivity contribution in [3.05, 3.63) is 106 Å². The van der Waals surface area contributed by atoms with Crippen molar-refractivity contribution in [2.24, 2.45) is 0 Å². The smallest absolute Gasteiger partial charge is 0.300 e. The molecule has 1 amide bonds. The molecule has 1 heterocycles. The third-order valence-electron chi connectivity index (χ3n) is 5.04. The number of aliphatic hydroxyl groups is 1. The number of carbonyl (C=O) groups is 2. The van der Waals surface area contributed by atoms with E-state index in [2.05, 4.69) is 0 Å². The minimum Gasteiger partial charge on any atom is -0.507 e. The van der Waals surface area contributed by atoms with Crippen LogP contribution in [0.3, 0.4) is 0 Å². The molecule has 1 atom stereocenters. The number of Topliss-reactive ketones (excluding diaryl/α,β-unsaturated/α-hetero) is 1. The van der Waals surface area contributed by atoms with Gasteiger partial charge < -0.3 is 5.11 Å². The highest BCUT2D eigenvalue weighted by atomic mass is 35.5. The molecule has 1 fully saturated rings. The van der Waals surface area contributed by atoms with Crippen LogP contribution in [0.5, 0.6) is 0 Å². The first-order valence-corrected chi connectivity index (χ1v) is 9.64. The lowest BCUT2D eigenvalue weighted by atomic mass is 9.94. The van der Waals surface area contributed by atoms with Crippen LogP contribution >= 0.6 is 11.6 Å². The Morgan fingerprint density at radius 3 is 2.37 bits per heavy atom. The Morgan fingerprint density at radius 2 is 1.70 bits per heavy atom. The van der Waals surface area contributed by atoms with Gasteiger partial charge in [-0.15, -0.1) is 0 Å². The zero-order valence-corrected chi connectivity index (χ0v) is 16.7. The molecule has 3 aromatic rings. The molecule has 1 aliphatic heterocycles. The first-order chi connectivity index (χ1) is 14.4. The van der Waals surface area contributed by atoms with E-state index >= 15 is 0 Å². The minimum absolute atomic E-state index is 0.119. The molecule has 4 nitrogen and oxygen atoms in total. The second-order valence-corrected chi connectivity index (χ2v) is 7.47. The van der Waals surface area contributed by atoms with Gasteiger partial charge in [-0.3, -0.25) is 14.5 Å². The van der Waals surface area contributed by atoms with Crippen LogP contribution in [0.1, 0.15) is 22.7 Å². The Balaban J connectivity index is 1.98. The van der Waals surface area contributed by atoms with Crippen LogP contribution < -0.4 is 4.90 Å². The molecule has 1 N–H and O–H groups in total. The van der Waals surface area contributed by atoms with E-state index in [4.69, 9.17) is 11.6 Å². The molecule has 0 saturated carbocycles. The molecule has 1 saturated heterocycles. The van der Waals surface area contributed by atoms with Crippen LogP contribution in [0.4, 0.5) is 10.1 Å². The summed E-state index contributed by atoms with van der Waals surface area (Å²) in [7, 11) is 0. The number of benzene rings is 3. The fourth-order valence-corrected chi connectivity index (χ4v) is 3.76. The minimum atomic E-state index is -1.11. The van der Waals surface area contributed by atoms with Gasteiger partial charge in [-0.1, -0.05) is 41.9 Å². The summed E-state index contributed by atoms with van der Waals surface area (Å²) in [5.74, 6) is -2.67. The second-order valence-electron chi connectivity index (χ2n) is 7.04. The summed E-state index contributed by atoms with van der Waals surface area (Å²) >= 11 is 5.91. The van der Waals surface area contributed by atoms with Gasteiger partial charge in [0.05, 0.1) is 11.6 Å². The second kappa shape index (κ2) is 7.76. The zero-order chi connectivity index (χ0) is 21.4. The first-order valence-electron chi connectivity index (χ1n) is 9.26. The lowest BCUT2D eigenvalue weighted by molar-refractivity contribution is -0.132. The highest BCUT2D eigenvalue weighted by Gasteiger charge is 2.47. The van der Waals surface area contributed by atoms with Gasteiger partial charge in [-0.25, -0.2) is 4.39 Å². The number of hydrogen-bond acceptors (Lipinski definition) is 3. The number of halogens is 2. The van der Waals surface area contributed by atoms with E-state index in [0.29, 0.717) is 16.3 Å². The number of ketones is 1. The van der Waals surface area contributed by atoms with E-state index in [1.165, 1.54) is 35.2 Å². The van der Waals surface area contributed by atoms with Crippen molar-refractivity contribution in [2.45, 2.75) is 13.0 Å². The molecule has 6 heteroatoms. The monoisotopic (exact) mass is 421 g/mol. The maximum Gasteiger partial charge on any atom is 0.300 e. The van der Waals surface area contributed by atoms with Crippen molar-refractivity contribution in [3.63, 3.8) is 0 Å². The molecule has 30 heavy (non-hydrogen) atoms. The van der Waals surface area contributed by atoms with Gasteiger partial charge in [0.2, 0.25) is 0 Å². The number of aryl methyl sites for hydroxylation is 1. The highest BCUT2D eigenvalue weighted by Crippen LogP contribution is 2.43.